The van der Waals surface area contributed by atoms with Gasteiger partial charge < -0.3 is 10.4 Å². The highest BCUT2D eigenvalue weighted by atomic mass is 32.1. The average Bonchev–Trinajstić information content (AvgIpc) is 2.51. The third-order valence-electron chi connectivity index (χ3n) is 1.21. The van der Waals surface area contributed by atoms with Gasteiger partial charge in [0.1, 0.15) is 6.04 Å². The van der Waals surface area contributed by atoms with Crippen molar-refractivity contribution in [3.63, 3.8) is 0 Å². The van der Waals surface area contributed by atoms with Crippen molar-refractivity contribution in [2.45, 2.75) is 6.04 Å². The molecular weight excluding hydrogens is 196 g/mol. The van der Waals surface area contributed by atoms with Crippen molar-refractivity contribution in [1.82, 2.24) is 4.98 Å². The Morgan fingerprint density at radius 1 is 1.92 bits per heavy atom. The van der Waals surface area contributed by atoms with E-state index in [-0.39, 0.29) is 5.75 Å². The summed E-state index contributed by atoms with van der Waals surface area (Å²) < 4.78 is 0. The fourth-order valence-corrected chi connectivity index (χ4v) is 1.46. The molecule has 0 saturated carbocycles. The molecule has 0 spiro atoms. The highest BCUT2D eigenvalue weighted by Crippen LogP contribution is 2.12. The van der Waals surface area contributed by atoms with Gasteiger partial charge in [0.25, 0.3) is 0 Å². The van der Waals surface area contributed by atoms with E-state index in [0.29, 0.717) is 5.13 Å². The van der Waals surface area contributed by atoms with Gasteiger partial charge in [-0.3, -0.25) is 0 Å². The first-order valence-corrected chi connectivity index (χ1v) is 4.75. The molecule has 0 aliphatic rings. The Kier molecular flexibility index (Phi) is 3.36. The molecule has 1 atom stereocenters. The molecule has 0 radical (unpaired) electrons. The molecular formula is C6H8N2O2S2. The maximum absolute atomic E-state index is 10.5. The van der Waals surface area contributed by atoms with E-state index in [1.165, 1.54) is 11.3 Å². The number of carboxylic acid groups (broad SMARTS) is 1. The second-order valence-corrected chi connectivity index (χ2v) is 3.31. The Labute approximate surface area is 79.0 Å². The summed E-state index contributed by atoms with van der Waals surface area (Å²) in [6.07, 6.45) is 1.62. The lowest BCUT2D eigenvalue weighted by Crippen LogP contribution is -2.30. The van der Waals surface area contributed by atoms with Crippen LogP contribution in [0.1, 0.15) is 0 Å². The van der Waals surface area contributed by atoms with Crippen LogP contribution in [0.5, 0.6) is 0 Å². The SMILES string of the molecule is O=C(O)[C@H](CS)Nc1nccs1. The summed E-state index contributed by atoms with van der Waals surface area (Å²) in [5.41, 5.74) is 0. The number of nitrogens with one attached hydrogen (secondary N) is 1. The molecule has 1 rings (SSSR count). The van der Waals surface area contributed by atoms with Crippen LogP contribution in [0.25, 0.3) is 0 Å². The summed E-state index contributed by atoms with van der Waals surface area (Å²) in [7, 11) is 0. The molecule has 1 heterocycles. The van der Waals surface area contributed by atoms with Gasteiger partial charge in [-0.25, -0.2) is 9.78 Å². The smallest absolute Gasteiger partial charge is 0.327 e. The Morgan fingerprint density at radius 2 is 2.67 bits per heavy atom. The highest BCUT2D eigenvalue weighted by Gasteiger charge is 2.15. The number of hydrogen-bond acceptors (Lipinski definition) is 5. The van der Waals surface area contributed by atoms with Gasteiger partial charge in [-0.15, -0.1) is 11.3 Å². The second kappa shape index (κ2) is 4.32. The van der Waals surface area contributed by atoms with E-state index in [9.17, 15) is 4.79 Å². The van der Waals surface area contributed by atoms with Crippen LogP contribution in [-0.4, -0.2) is 27.9 Å². The van der Waals surface area contributed by atoms with Crippen molar-refractivity contribution in [1.29, 1.82) is 0 Å². The van der Waals surface area contributed by atoms with Gasteiger partial charge in [0, 0.05) is 17.3 Å². The third-order valence-corrected chi connectivity index (χ3v) is 2.28. The summed E-state index contributed by atoms with van der Waals surface area (Å²) >= 11 is 5.26. The van der Waals surface area contributed by atoms with E-state index in [2.05, 4.69) is 22.9 Å². The predicted molar refractivity (Wildman–Crippen MR) is 51.0 cm³/mol. The van der Waals surface area contributed by atoms with Crippen LogP contribution in [0.2, 0.25) is 0 Å². The molecule has 0 saturated heterocycles. The lowest BCUT2D eigenvalue weighted by atomic mass is 10.3. The largest absolute Gasteiger partial charge is 0.480 e. The van der Waals surface area contributed by atoms with Gasteiger partial charge in [-0.2, -0.15) is 12.6 Å². The lowest BCUT2D eigenvalue weighted by molar-refractivity contribution is -0.137. The number of hydrogen-bond donors (Lipinski definition) is 3. The van der Waals surface area contributed by atoms with Gasteiger partial charge >= 0.3 is 5.97 Å². The molecule has 4 nitrogen and oxygen atoms in total. The highest BCUT2D eigenvalue weighted by molar-refractivity contribution is 7.80. The third kappa shape index (κ3) is 2.38. The maximum atomic E-state index is 10.5. The molecule has 2 N–H and O–H groups in total. The monoisotopic (exact) mass is 204 g/mol. The zero-order valence-electron chi connectivity index (χ0n) is 6.10. The second-order valence-electron chi connectivity index (χ2n) is 2.05. The van der Waals surface area contributed by atoms with E-state index in [1.807, 2.05) is 0 Å². The van der Waals surface area contributed by atoms with Crippen molar-refractivity contribution < 1.29 is 9.90 Å². The number of thiol groups is 1. The molecule has 66 valence electrons. The molecule has 1 aromatic rings. The number of nitrogens with zero attached hydrogens (tertiary/aromatic N) is 1. The minimum Gasteiger partial charge on any atom is -0.480 e. The first-order valence-electron chi connectivity index (χ1n) is 3.23. The quantitative estimate of drug-likeness (QED) is 0.639. The molecule has 0 aliphatic heterocycles. The Morgan fingerprint density at radius 3 is 3.08 bits per heavy atom. The van der Waals surface area contributed by atoms with E-state index in [0.717, 1.165) is 0 Å². The summed E-state index contributed by atoms with van der Waals surface area (Å²) in [6.45, 7) is 0. The number of aromatic nitrogens is 1. The van der Waals surface area contributed by atoms with E-state index in [1.54, 1.807) is 11.6 Å². The number of anilines is 1. The molecule has 0 aliphatic carbocycles. The fourth-order valence-electron chi connectivity index (χ4n) is 0.629. The van der Waals surface area contributed by atoms with Crippen LogP contribution < -0.4 is 5.32 Å². The predicted octanol–water partition coefficient (Wildman–Crippen LogP) is 0.938. The van der Waals surface area contributed by atoms with Gasteiger partial charge in [-0.05, 0) is 0 Å². The van der Waals surface area contributed by atoms with E-state index >= 15 is 0 Å². The van der Waals surface area contributed by atoms with Crippen molar-refractivity contribution in [3.05, 3.63) is 11.6 Å². The normalized spacial score (nSPS) is 12.4. The van der Waals surface area contributed by atoms with Crippen LogP contribution in [0.15, 0.2) is 11.6 Å². The summed E-state index contributed by atoms with van der Waals surface area (Å²) in [5, 5.41) is 13.8. The lowest BCUT2D eigenvalue weighted by Gasteiger charge is -2.09. The van der Waals surface area contributed by atoms with Crippen LogP contribution >= 0.6 is 24.0 Å². The first kappa shape index (κ1) is 9.34. The molecule has 0 bridgehead atoms. The minimum absolute atomic E-state index is 0.245. The molecule has 1 aromatic heterocycles. The van der Waals surface area contributed by atoms with Crippen molar-refractivity contribution >= 4 is 35.1 Å². The van der Waals surface area contributed by atoms with Crippen LogP contribution in [0, 0.1) is 0 Å². The summed E-state index contributed by atoms with van der Waals surface area (Å²) in [6, 6.07) is -0.667. The number of rotatable bonds is 4. The van der Waals surface area contributed by atoms with E-state index < -0.39 is 12.0 Å². The Balaban J connectivity index is 2.54. The van der Waals surface area contributed by atoms with Crippen LogP contribution in [0.3, 0.4) is 0 Å². The molecule has 0 unspecified atom stereocenters. The Bertz CT molecular complexity index is 250. The van der Waals surface area contributed by atoms with Crippen molar-refractivity contribution in [2.24, 2.45) is 0 Å². The van der Waals surface area contributed by atoms with E-state index in [4.69, 9.17) is 5.11 Å². The molecule has 12 heavy (non-hydrogen) atoms. The van der Waals surface area contributed by atoms with Crippen LogP contribution in [0.4, 0.5) is 5.13 Å². The van der Waals surface area contributed by atoms with Gasteiger partial charge in [-0.1, -0.05) is 0 Å². The standard InChI is InChI=1S/C6H8N2O2S2/c9-5(10)4(3-11)8-6-7-1-2-12-6/h1-2,4,11H,3H2,(H,7,8)(H,9,10)/t4-/m0/s1. The molecule has 0 aromatic carbocycles. The number of carboxylic acids is 1. The van der Waals surface area contributed by atoms with Crippen molar-refractivity contribution in [3.8, 4) is 0 Å². The number of thiazole rings is 1. The minimum atomic E-state index is -0.916. The van der Waals surface area contributed by atoms with Crippen molar-refractivity contribution in [2.75, 3.05) is 11.1 Å². The molecule has 0 amide bonds. The Hall–Kier alpha value is -0.750. The summed E-state index contributed by atoms with van der Waals surface area (Å²) in [5.74, 6) is -0.672. The number of carbonyl (C=O) groups is 1. The summed E-state index contributed by atoms with van der Waals surface area (Å²) in [4.78, 5) is 14.4. The first-order chi connectivity index (χ1) is 5.74. The number of aliphatic carboxylic acids is 1. The van der Waals surface area contributed by atoms with Gasteiger partial charge in [0.15, 0.2) is 5.13 Å². The zero-order valence-corrected chi connectivity index (χ0v) is 7.81. The van der Waals surface area contributed by atoms with Crippen LogP contribution in [-0.2, 0) is 4.79 Å². The molecule has 6 heteroatoms. The fraction of sp³-hybridized carbons (Fsp3) is 0.333. The molecule has 0 fully saturated rings. The van der Waals surface area contributed by atoms with Gasteiger partial charge in [0.2, 0.25) is 0 Å². The van der Waals surface area contributed by atoms with Gasteiger partial charge in [0.05, 0.1) is 0 Å². The average molecular weight is 204 g/mol. The zero-order chi connectivity index (χ0) is 8.97. The maximum Gasteiger partial charge on any atom is 0.327 e. The topological polar surface area (TPSA) is 62.2 Å².